The topological polar surface area (TPSA) is 15.3 Å². The molecule has 2 unspecified atom stereocenters. The molecule has 1 N–H and O–H groups in total. The van der Waals surface area contributed by atoms with E-state index in [0.29, 0.717) is 6.04 Å². The lowest BCUT2D eigenvalue weighted by Crippen LogP contribution is -2.62. The fourth-order valence-electron chi connectivity index (χ4n) is 2.51. The van der Waals surface area contributed by atoms with Crippen molar-refractivity contribution in [3.05, 3.63) is 28.2 Å². The van der Waals surface area contributed by atoms with E-state index in [1.807, 2.05) is 0 Å². The number of aryl methyl sites for hydroxylation is 1. The summed E-state index contributed by atoms with van der Waals surface area (Å²) in [4.78, 5) is 2.52. The van der Waals surface area contributed by atoms with E-state index in [2.05, 4.69) is 72.0 Å². The zero-order chi connectivity index (χ0) is 13.3. The number of piperazine rings is 1. The Bertz CT molecular complexity index is 433. The minimum atomic E-state index is 0.218. The minimum Gasteiger partial charge on any atom is -0.365 e. The van der Waals surface area contributed by atoms with E-state index in [1.165, 1.54) is 15.7 Å². The average Bonchev–Trinajstić information content (AvgIpc) is 2.36. The van der Waals surface area contributed by atoms with Crippen molar-refractivity contribution in [2.24, 2.45) is 0 Å². The predicted octanol–water partition coefficient (Wildman–Crippen LogP) is 3.72. The summed E-state index contributed by atoms with van der Waals surface area (Å²) in [5.41, 5.74) is 2.84. The highest BCUT2D eigenvalue weighted by atomic mass is 79.9. The molecule has 0 radical (unpaired) electrons. The molecular weight excluding hydrogens is 288 g/mol. The number of hydrogen-bond acceptors (Lipinski definition) is 2. The van der Waals surface area contributed by atoms with E-state index in [-0.39, 0.29) is 5.54 Å². The zero-order valence-corrected chi connectivity index (χ0v) is 13.3. The van der Waals surface area contributed by atoms with Crippen LogP contribution in [0.3, 0.4) is 0 Å². The number of hydrogen-bond donors (Lipinski definition) is 1. The number of halogens is 1. The first-order valence-electron chi connectivity index (χ1n) is 6.73. The highest BCUT2D eigenvalue weighted by molar-refractivity contribution is 9.10. The summed E-state index contributed by atoms with van der Waals surface area (Å²) in [5.74, 6) is 0. The van der Waals surface area contributed by atoms with Crippen LogP contribution < -0.4 is 10.2 Å². The van der Waals surface area contributed by atoms with Crippen LogP contribution in [-0.4, -0.2) is 24.7 Å². The Kier molecular flexibility index (Phi) is 4.02. The van der Waals surface area contributed by atoms with Crippen molar-refractivity contribution < 1.29 is 0 Å². The van der Waals surface area contributed by atoms with Gasteiger partial charge in [0.2, 0.25) is 0 Å². The molecule has 2 atom stereocenters. The van der Waals surface area contributed by atoms with Crippen LogP contribution >= 0.6 is 15.9 Å². The molecule has 0 amide bonds. The molecule has 1 aliphatic heterocycles. The second-order valence-corrected chi connectivity index (χ2v) is 6.47. The van der Waals surface area contributed by atoms with Crippen LogP contribution in [-0.2, 0) is 0 Å². The van der Waals surface area contributed by atoms with Gasteiger partial charge in [0.05, 0.1) is 5.69 Å². The van der Waals surface area contributed by atoms with E-state index >= 15 is 0 Å². The van der Waals surface area contributed by atoms with Gasteiger partial charge in [-0.05, 0) is 54.8 Å². The van der Waals surface area contributed by atoms with Crippen LogP contribution in [0.4, 0.5) is 5.69 Å². The van der Waals surface area contributed by atoms with Crippen molar-refractivity contribution in [3.63, 3.8) is 0 Å². The Morgan fingerprint density at radius 2 is 2.22 bits per heavy atom. The lowest BCUT2D eigenvalue weighted by Gasteiger charge is -2.46. The van der Waals surface area contributed by atoms with E-state index in [4.69, 9.17) is 0 Å². The zero-order valence-electron chi connectivity index (χ0n) is 11.8. The van der Waals surface area contributed by atoms with Crippen LogP contribution in [0.2, 0.25) is 0 Å². The van der Waals surface area contributed by atoms with Crippen molar-refractivity contribution >= 4 is 21.6 Å². The molecule has 1 aliphatic rings. The van der Waals surface area contributed by atoms with Crippen LogP contribution in [0.1, 0.15) is 32.8 Å². The lowest BCUT2D eigenvalue weighted by atomic mass is 9.93. The monoisotopic (exact) mass is 310 g/mol. The highest BCUT2D eigenvalue weighted by Gasteiger charge is 2.33. The Hall–Kier alpha value is -0.540. The van der Waals surface area contributed by atoms with Crippen LogP contribution in [0.25, 0.3) is 0 Å². The number of rotatable bonds is 2. The van der Waals surface area contributed by atoms with Gasteiger partial charge in [0, 0.05) is 29.1 Å². The summed E-state index contributed by atoms with van der Waals surface area (Å²) in [6, 6.07) is 7.05. The van der Waals surface area contributed by atoms with E-state index in [9.17, 15) is 0 Å². The van der Waals surface area contributed by atoms with E-state index < -0.39 is 0 Å². The Morgan fingerprint density at radius 3 is 2.89 bits per heavy atom. The van der Waals surface area contributed by atoms with Crippen molar-refractivity contribution in [2.75, 3.05) is 18.0 Å². The molecule has 0 aromatic heterocycles. The van der Waals surface area contributed by atoms with Gasteiger partial charge in [-0.2, -0.15) is 0 Å². The Labute approximate surface area is 119 Å². The SMILES string of the molecule is CCC1(C)CN(c2cccc(C)c2Br)C(C)CN1. The van der Waals surface area contributed by atoms with Gasteiger partial charge in [-0.1, -0.05) is 19.1 Å². The molecule has 18 heavy (non-hydrogen) atoms. The predicted molar refractivity (Wildman–Crippen MR) is 82.4 cm³/mol. The van der Waals surface area contributed by atoms with Crippen LogP contribution in [0, 0.1) is 6.92 Å². The van der Waals surface area contributed by atoms with Gasteiger partial charge in [0.25, 0.3) is 0 Å². The molecule has 100 valence electrons. The molecule has 0 aliphatic carbocycles. The van der Waals surface area contributed by atoms with Gasteiger partial charge in [-0.3, -0.25) is 0 Å². The highest BCUT2D eigenvalue weighted by Crippen LogP contribution is 2.33. The van der Waals surface area contributed by atoms with Crippen molar-refractivity contribution in [1.82, 2.24) is 5.32 Å². The second kappa shape index (κ2) is 5.22. The number of benzene rings is 1. The molecule has 1 saturated heterocycles. The third-order valence-corrected chi connectivity index (χ3v) is 5.17. The van der Waals surface area contributed by atoms with Gasteiger partial charge >= 0.3 is 0 Å². The molecule has 1 heterocycles. The summed E-state index contributed by atoms with van der Waals surface area (Å²) in [6.45, 7) is 11.1. The maximum Gasteiger partial charge on any atom is 0.0516 e. The average molecular weight is 311 g/mol. The van der Waals surface area contributed by atoms with Gasteiger partial charge in [0.1, 0.15) is 0 Å². The normalized spacial score (nSPS) is 28.5. The van der Waals surface area contributed by atoms with Crippen molar-refractivity contribution in [3.8, 4) is 0 Å². The second-order valence-electron chi connectivity index (χ2n) is 5.68. The summed E-state index contributed by atoms with van der Waals surface area (Å²) in [5, 5.41) is 3.67. The molecule has 2 rings (SSSR count). The Morgan fingerprint density at radius 1 is 1.50 bits per heavy atom. The maximum absolute atomic E-state index is 3.74. The smallest absolute Gasteiger partial charge is 0.0516 e. The largest absolute Gasteiger partial charge is 0.365 e. The molecule has 1 aromatic rings. The van der Waals surface area contributed by atoms with Gasteiger partial charge in [-0.25, -0.2) is 0 Å². The van der Waals surface area contributed by atoms with E-state index in [1.54, 1.807) is 0 Å². The van der Waals surface area contributed by atoms with Crippen LogP contribution in [0.15, 0.2) is 22.7 Å². The summed E-state index contributed by atoms with van der Waals surface area (Å²) in [6.07, 6.45) is 1.15. The summed E-state index contributed by atoms with van der Waals surface area (Å²) in [7, 11) is 0. The minimum absolute atomic E-state index is 0.218. The lowest BCUT2D eigenvalue weighted by molar-refractivity contribution is 0.285. The van der Waals surface area contributed by atoms with Crippen LogP contribution in [0.5, 0.6) is 0 Å². The first-order chi connectivity index (χ1) is 8.47. The van der Waals surface area contributed by atoms with Gasteiger partial charge < -0.3 is 10.2 Å². The quantitative estimate of drug-likeness (QED) is 0.895. The summed E-state index contributed by atoms with van der Waals surface area (Å²) < 4.78 is 1.23. The van der Waals surface area contributed by atoms with Crippen molar-refractivity contribution in [1.29, 1.82) is 0 Å². The molecule has 0 spiro atoms. The third kappa shape index (κ3) is 2.57. The standard InChI is InChI=1S/C15H23BrN2/c1-5-15(4)10-18(12(3)9-17-15)13-8-6-7-11(2)14(13)16/h6-8,12,17H,5,9-10H2,1-4H3. The molecule has 1 aromatic carbocycles. The number of nitrogens with zero attached hydrogens (tertiary/aromatic N) is 1. The molecule has 1 fully saturated rings. The number of anilines is 1. The molecule has 0 saturated carbocycles. The fraction of sp³-hybridized carbons (Fsp3) is 0.600. The summed E-state index contributed by atoms with van der Waals surface area (Å²) >= 11 is 3.74. The maximum atomic E-state index is 3.74. The first kappa shape index (κ1) is 13.9. The first-order valence-corrected chi connectivity index (χ1v) is 7.53. The third-order valence-electron chi connectivity index (χ3n) is 4.14. The molecule has 0 bridgehead atoms. The molecule has 2 nitrogen and oxygen atoms in total. The molecule has 3 heteroatoms. The van der Waals surface area contributed by atoms with Gasteiger partial charge in [0.15, 0.2) is 0 Å². The number of nitrogens with one attached hydrogen (secondary N) is 1. The Balaban J connectivity index is 2.33. The van der Waals surface area contributed by atoms with Crippen molar-refractivity contribution in [2.45, 2.75) is 45.7 Å². The molecular formula is C15H23BrN2. The van der Waals surface area contributed by atoms with Gasteiger partial charge in [-0.15, -0.1) is 0 Å². The van der Waals surface area contributed by atoms with E-state index in [0.717, 1.165) is 19.5 Å². The fourth-order valence-corrected chi connectivity index (χ4v) is 3.00.